The third-order valence-corrected chi connectivity index (χ3v) is 3.29. The van der Waals surface area contributed by atoms with Gasteiger partial charge < -0.3 is 15.1 Å². The number of carbonyl (C=O) groups is 1. The molecule has 5 nitrogen and oxygen atoms in total. The van der Waals surface area contributed by atoms with Gasteiger partial charge in [-0.15, -0.1) is 0 Å². The largest absolute Gasteiger partial charge is 0.364 e. The molecule has 0 bridgehead atoms. The standard InChI is InChI=1S/C14H18N4O/c1-16-6-3-7-18-12-5-4-11(9-15)8-13(12)17(2)10-14(18)19/h4-5,8,16H,3,6-7,10H2,1-2H3. The molecule has 1 amide bonds. The van der Waals surface area contributed by atoms with Gasteiger partial charge in [0.15, 0.2) is 0 Å². The number of rotatable bonds is 4. The number of hydrogen-bond donors (Lipinski definition) is 1. The number of nitrogens with zero attached hydrogens (tertiary/aromatic N) is 3. The number of hydrogen-bond acceptors (Lipinski definition) is 4. The van der Waals surface area contributed by atoms with Crippen LogP contribution in [0, 0.1) is 11.3 Å². The van der Waals surface area contributed by atoms with Crippen molar-refractivity contribution in [2.45, 2.75) is 6.42 Å². The summed E-state index contributed by atoms with van der Waals surface area (Å²) in [6.07, 6.45) is 0.908. The minimum absolute atomic E-state index is 0.107. The third-order valence-electron chi connectivity index (χ3n) is 3.29. The highest BCUT2D eigenvalue weighted by Gasteiger charge is 2.26. The van der Waals surface area contributed by atoms with Crippen LogP contribution in [0.1, 0.15) is 12.0 Å². The molecular weight excluding hydrogens is 240 g/mol. The minimum Gasteiger partial charge on any atom is -0.364 e. The second-order valence-corrected chi connectivity index (χ2v) is 4.67. The molecule has 1 aromatic rings. The van der Waals surface area contributed by atoms with Crippen LogP contribution in [-0.4, -0.2) is 39.6 Å². The highest BCUT2D eigenvalue weighted by molar-refractivity contribution is 6.03. The molecule has 5 heteroatoms. The lowest BCUT2D eigenvalue weighted by Crippen LogP contribution is -2.45. The summed E-state index contributed by atoms with van der Waals surface area (Å²) >= 11 is 0. The zero-order valence-corrected chi connectivity index (χ0v) is 11.3. The minimum atomic E-state index is 0.107. The van der Waals surface area contributed by atoms with Crippen molar-refractivity contribution < 1.29 is 4.79 Å². The van der Waals surface area contributed by atoms with Gasteiger partial charge in [-0.3, -0.25) is 4.79 Å². The van der Waals surface area contributed by atoms with E-state index in [1.54, 1.807) is 6.07 Å². The zero-order valence-electron chi connectivity index (χ0n) is 11.3. The van der Waals surface area contributed by atoms with Gasteiger partial charge in [0.1, 0.15) is 0 Å². The number of fused-ring (bicyclic) bond motifs is 1. The Hall–Kier alpha value is -2.06. The molecular formula is C14H18N4O. The number of amides is 1. The van der Waals surface area contributed by atoms with Crippen LogP contribution in [0.2, 0.25) is 0 Å². The SMILES string of the molecule is CNCCCN1C(=O)CN(C)c2cc(C#N)ccc21. The van der Waals surface area contributed by atoms with Crippen molar-refractivity contribution in [3.63, 3.8) is 0 Å². The quantitative estimate of drug-likeness (QED) is 0.817. The Labute approximate surface area is 113 Å². The van der Waals surface area contributed by atoms with Gasteiger partial charge in [0.05, 0.1) is 29.6 Å². The molecule has 2 rings (SSSR count). The van der Waals surface area contributed by atoms with Crippen LogP contribution < -0.4 is 15.1 Å². The summed E-state index contributed by atoms with van der Waals surface area (Å²) in [6, 6.07) is 7.60. The van der Waals surface area contributed by atoms with Crippen molar-refractivity contribution in [2.24, 2.45) is 0 Å². The molecule has 0 atom stereocenters. The van der Waals surface area contributed by atoms with Gasteiger partial charge in [0, 0.05) is 13.6 Å². The van der Waals surface area contributed by atoms with Crippen LogP contribution in [0.5, 0.6) is 0 Å². The fraction of sp³-hybridized carbons (Fsp3) is 0.429. The molecule has 1 aromatic carbocycles. The maximum Gasteiger partial charge on any atom is 0.246 e. The number of carbonyl (C=O) groups excluding carboxylic acids is 1. The first-order valence-electron chi connectivity index (χ1n) is 6.37. The first-order chi connectivity index (χ1) is 9.17. The Morgan fingerprint density at radius 1 is 1.42 bits per heavy atom. The van der Waals surface area contributed by atoms with E-state index in [1.165, 1.54) is 0 Å². The van der Waals surface area contributed by atoms with Crippen molar-refractivity contribution in [3.05, 3.63) is 23.8 Å². The van der Waals surface area contributed by atoms with E-state index in [0.29, 0.717) is 18.7 Å². The van der Waals surface area contributed by atoms with Gasteiger partial charge in [-0.1, -0.05) is 0 Å². The monoisotopic (exact) mass is 258 g/mol. The predicted molar refractivity (Wildman–Crippen MR) is 75.3 cm³/mol. The van der Waals surface area contributed by atoms with Crippen molar-refractivity contribution in [3.8, 4) is 6.07 Å². The van der Waals surface area contributed by atoms with E-state index in [0.717, 1.165) is 24.3 Å². The van der Waals surface area contributed by atoms with Gasteiger partial charge in [-0.25, -0.2) is 0 Å². The van der Waals surface area contributed by atoms with Crippen LogP contribution >= 0.6 is 0 Å². The molecule has 1 heterocycles. The summed E-state index contributed by atoms with van der Waals surface area (Å²) in [5, 5.41) is 12.0. The lowest BCUT2D eigenvalue weighted by Gasteiger charge is -2.35. The van der Waals surface area contributed by atoms with Gasteiger partial charge >= 0.3 is 0 Å². The number of benzene rings is 1. The molecule has 0 saturated heterocycles. The zero-order chi connectivity index (χ0) is 13.8. The summed E-state index contributed by atoms with van der Waals surface area (Å²) in [7, 11) is 3.78. The average Bonchev–Trinajstić information content (AvgIpc) is 2.42. The van der Waals surface area contributed by atoms with Crippen LogP contribution in [0.15, 0.2) is 18.2 Å². The van der Waals surface area contributed by atoms with Crippen LogP contribution in [0.4, 0.5) is 11.4 Å². The smallest absolute Gasteiger partial charge is 0.246 e. The van der Waals surface area contributed by atoms with E-state index < -0.39 is 0 Å². The molecule has 0 spiro atoms. The molecule has 0 fully saturated rings. The second-order valence-electron chi connectivity index (χ2n) is 4.67. The Balaban J connectivity index is 2.30. The van der Waals surface area contributed by atoms with E-state index in [-0.39, 0.29) is 5.91 Å². The molecule has 1 aliphatic rings. The molecule has 1 N–H and O–H groups in total. The molecule has 1 aliphatic heterocycles. The van der Waals surface area contributed by atoms with Crippen LogP contribution in [0.3, 0.4) is 0 Å². The second kappa shape index (κ2) is 5.72. The number of nitrogens with one attached hydrogen (secondary N) is 1. The van der Waals surface area contributed by atoms with E-state index in [4.69, 9.17) is 5.26 Å². The van der Waals surface area contributed by atoms with Crippen molar-refractivity contribution >= 4 is 17.3 Å². The lowest BCUT2D eigenvalue weighted by molar-refractivity contribution is -0.117. The molecule has 19 heavy (non-hydrogen) atoms. The Morgan fingerprint density at radius 3 is 2.89 bits per heavy atom. The van der Waals surface area contributed by atoms with E-state index in [9.17, 15) is 4.79 Å². The van der Waals surface area contributed by atoms with E-state index in [2.05, 4.69) is 11.4 Å². The molecule has 0 saturated carbocycles. The first kappa shape index (κ1) is 13.4. The summed E-state index contributed by atoms with van der Waals surface area (Å²) < 4.78 is 0. The summed E-state index contributed by atoms with van der Waals surface area (Å²) in [5.41, 5.74) is 2.46. The highest BCUT2D eigenvalue weighted by Crippen LogP contribution is 2.33. The van der Waals surface area contributed by atoms with Gasteiger partial charge in [0.25, 0.3) is 0 Å². The molecule has 0 radical (unpaired) electrons. The van der Waals surface area contributed by atoms with Crippen molar-refractivity contribution in [1.29, 1.82) is 5.26 Å². The number of nitriles is 1. The summed E-state index contributed by atoms with van der Waals surface area (Å²) in [5.74, 6) is 0.107. The van der Waals surface area contributed by atoms with Crippen LogP contribution in [-0.2, 0) is 4.79 Å². The maximum atomic E-state index is 12.1. The average molecular weight is 258 g/mol. The summed E-state index contributed by atoms with van der Waals surface area (Å²) in [4.78, 5) is 15.8. The van der Waals surface area contributed by atoms with Crippen LogP contribution in [0.25, 0.3) is 0 Å². The topological polar surface area (TPSA) is 59.4 Å². The lowest BCUT2D eigenvalue weighted by atomic mass is 10.1. The summed E-state index contributed by atoms with van der Waals surface area (Å²) in [6.45, 7) is 1.94. The number of likely N-dealkylation sites (N-methyl/N-ethyl adjacent to an activating group) is 1. The molecule has 0 unspecified atom stereocenters. The van der Waals surface area contributed by atoms with E-state index in [1.807, 2.05) is 36.0 Å². The molecule has 100 valence electrons. The van der Waals surface area contributed by atoms with Crippen molar-refractivity contribution in [2.75, 3.05) is 43.5 Å². The maximum absolute atomic E-state index is 12.1. The Kier molecular flexibility index (Phi) is 4.03. The normalized spacial score (nSPS) is 14.3. The number of anilines is 2. The Morgan fingerprint density at radius 2 is 2.21 bits per heavy atom. The Bertz CT molecular complexity index is 521. The van der Waals surface area contributed by atoms with Gasteiger partial charge in [-0.05, 0) is 38.2 Å². The van der Waals surface area contributed by atoms with E-state index >= 15 is 0 Å². The van der Waals surface area contributed by atoms with Gasteiger partial charge in [0.2, 0.25) is 5.91 Å². The van der Waals surface area contributed by atoms with Crippen molar-refractivity contribution in [1.82, 2.24) is 5.32 Å². The highest BCUT2D eigenvalue weighted by atomic mass is 16.2. The fourth-order valence-electron chi connectivity index (χ4n) is 2.29. The molecule has 0 aromatic heterocycles. The first-order valence-corrected chi connectivity index (χ1v) is 6.37. The fourth-order valence-corrected chi connectivity index (χ4v) is 2.29. The molecule has 0 aliphatic carbocycles. The van der Waals surface area contributed by atoms with Gasteiger partial charge in [-0.2, -0.15) is 5.26 Å². The predicted octanol–water partition coefficient (Wildman–Crippen LogP) is 0.951. The third kappa shape index (κ3) is 2.69.